The number of carbonyl (C=O) groups is 2. The van der Waals surface area contributed by atoms with Crippen LogP contribution in [0.25, 0.3) is 0 Å². The minimum atomic E-state index is -0.555. The molecule has 1 aromatic rings. The number of amides is 1. The van der Waals surface area contributed by atoms with Crippen molar-refractivity contribution in [2.45, 2.75) is 72.0 Å². The first-order valence-corrected chi connectivity index (χ1v) is 10.9. The van der Waals surface area contributed by atoms with Gasteiger partial charge in [0.2, 0.25) is 0 Å². The number of carbonyl (C=O) groups excluding carboxylic acids is 2. The second-order valence-electron chi connectivity index (χ2n) is 10.2. The second-order valence-corrected chi connectivity index (χ2v) is 10.2. The highest BCUT2D eigenvalue weighted by Crippen LogP contribution is 2.30. The van der Waals surface area contributed by atoms with Crippen LogP contribution in [0.4, 0.5) is 4.79 Å². The van der Waals surface area contributed by atoms with Gasteiger partial charge < -0.3 is 20.1 Å². The molecule has 6 nitrogen and oxygen atoms in total. The molecular formula is C24H38N2O4. The van der Waals surface area contributed by atoms with E-state index in [1.807, 2.05) is 53.7 Å². The topological polar surface area (TPSA) is 81.9 Å². The average molecular weight is 419 g/mol. The van der Waals surface area contributed by atoms with Gasteiger partial charge in [-0.2, -0.15) is 0 Å². The van der Waals surface area contributed by atoms with Gasteiger partial charge in [-0.3, -0.25) is 4.79 Å². The zero-order valence-electron chi connectivity index (χ0n) is 19.4. The predicted octanol–water partition coefficient (Wildman–Crippen LogP) is 3.95. The third-order valence-electron chi connectivity index (χ3n) is 5.03. The van der Waals surface area contributed by atoms with E-state index in [-0.39, 0.29) is 23.9 Å². The maximum absolute atomic E-state index is 13.1. The number of benzene rings is 1. The monoisotopic (exact) mass is 418 g/mol. The van der Waals surface area contributed by atoms with Crippen molar-refractivity contribution in [3.05, 3.63) is 35.4 Å². The van der Waals surface area contributed by atoms with Crippen molar-refractivity contribution in [1.29, 1.82) is 0 Å². The van der Waals surface area contributed by atoms with Crippen LogP contribution in [0, 0.1) is 11.8 Å². The molecule has 0 unspecified atom stereocenters. The number of ether oxygens (including phenoxy) is 2. The number of nitrogens with two attached hydrogens (primary N) is 1. The Labute approximate surface area is 181 Å². The van der Waals surface area contributed by atoms with Crippen LogP contribution in [-0.2, 0) is 27.1 Å². The molecule has 168 valence electrons. The first-order valence-electron chi connectivity index (χ1n) is 10.9. The minimum Gasteiger partial charge on any atom is -0.460 e. The molecule has 6 heteroatoms. The summed E-state index contributed by atoms with van der Waals surface area (Å²) >= 11 is 0. The maximum Gasteiger partial charge on any atom is 0.410 e. The molecule has 0 saturated carbocycles. The van der Waals surface area contributed by atoms with Gasteiger partial charge in [0.05, 0.1) is 5.92 Å². The van der Waals surface area contributed by atoms with E-state index in [4.69, 9.17) is 15.2 Å². The third kappa shape index (κ3) is 7.63. The molecule has 2 N–H and O–H groups in total. The fourth-order valence-electron chi connectivity index (χ4n) is 3.76. The zero-order valence-corrected chi connectivity index (χ0v) is 19.4. The summed E-state index contributed by atoms with van der Waals surface area (Å²) in [6.45, 7) is 12.9. The molecule has 30 heavy (non-hydrogen) atoms. The third-order valence-corrected chi connectivity index (χ3v) is 5.03. The van der Waals surface area contributed by atoms with Crippen molar-refractivity contribution in [2.24, 2.45) is 17.6 Å². The van der Waals surface area contributed by atoms with Gasteiger partial charge in [-0.25, -0.2) is 4.79 Å². The molecule has 0 bridgehead atoms. The van der Waals surface area contributed by atoms with Gasteiger partial charge in [-0.15, -0.1) is 0 Å². The van der Waals surface area contributed by atoms with Crippen molar-refractivity contribution in [1.82, 2.24) is 4.90 Å². The molecule has 2 rings (SSSR count). The Morgan fingerprint density at radius 2 is 1.73 bits per heavy atom. The lowest BCUT2D eigenvalue weighted by Gasteiger charge is -2.28. The standard InChI is InChI=1S/C24H38N2O4/c1-23(2,3)29-21(27)20(15-18-9-7-8-17(14-18)10-12-25)19-11-13-26(16-19)22(28)30-24(4,5)6/h7-9,14,19-20H,10-13,15-16,25H2,1-6H3/t19-,20-/m0/s1. The lowest BCUT2D eigenvalue weighted by molar-refractivity contribution is -0.161. The van der Waals surface area contributed by atoms with E-state index < -0.39 is 11.2 Å². The lowest BCUT2D eigenvalue weighted by atomic mass is 9.85. The summed E-state index contributed by atoms with van der Waals surface area (Å²) in [4.78, 5) is 27.3. The van der Waals surface area contributed by atoms with Crippen LogP contribution in [0.5, 0.6) is 0 Å². The van der Waals surface area contributed by atoms with E-state index in [9.17, 15) is 9.59 Å². The van der Waals surface area contributed by atoms with E-state index in [2.05, 4.69) is 12.1 Å². The molecule has 1 amide bonds. The van der Waals surface area contributed by atoms with Crippen molar-refractivity contribution in [2.75, 3.05) is 19.6 Å². The van der Waals surface area contributed by atoms with Crippen LogP contribution in [0.1, 0.15) is 59.1 Å². The van der Waals surface area contributed by atoms with Crippen LogP contribution in [-0.4, -0.2) is 47.8 Å². The quantitative estimate of drug-likeness (QED) is 0.708. The summed E-state index contributed by atoms with van der Waals surface area (Å²) in [5, 5.41) is 0. The summed E-state index contributed by atoms with van der Waals surface area (Å²) in [5.74, 6) is -0.488. The number of nitrogens with zero attached hydrogens (tertiary/aromatic N) is 1. The summed E-state index contributed by atoms with van der Waals surface area (Å²) in [5.41, 5.74) is 6.86. The fourth-order valence-corrected chi connectivity index (χ4v) is 3.76. The summed E-state index contributed by atoms with van der Waals surface area (Å²) in [7, 11) is 0. The molecule has 0 aromatic heterocycles. The Hall–Kier alpha value is -2.08. The van der Waals surface area contributed by atoms with Crippen molar-refractivity contribution >= 4 is 12.1 Å². The Morgan fingerprint density at radius 3 is 2.33 bits per heavy atom. The van der Waals surface area contributed by atoms with Gasteiger partial charge in [-0.1, -0.05) is 24.3 Å². The van der Waals surface area contributed by atoms with E-state index in [0.29, 0.717) is 26.1 Å². The van der Waals surface area contributed by atoms with Gasteiger partial charge in [0.25, 0.3) is 0 Å². The van der Waals surface area contributed by atoms with Crippen LogP contribution >= 0.6 is 0 Å². The van der Waals surface area contributed by atoms with Crippen LogP contribution in [0.2, 0.25) is 0 Å². The summed E-state index contributed by atoms with van der Waals surface area (Å²) < 4.78 is 11.3. The number of hydrogen-bond donors (Lipinski definition) is 1. The highest BCUT2D eigenvalue weighted by atomic mass is 16.6. The van der Waals surface area contributed by atoms with Crippen LogP contribution < -0.4 is 5.73 Å². The van der Waals surface area contributed by atoms with E-state index >= 15 is 0 Å². The normalized spacial score (nSPS) is 18.2. The van der Waals surface area contributed by atoms with Gasteiger partial charge in [0.1, 0.15) is 11.2 Å². The summed E-state index contributed by atoms with van der Waals surface area (Å²) in [6, 6.07) is 8.22. The largest absolute Gasteiger partial charge is 0.460 e. The van der Waals surface area contributed by atoms with Crippen molar-refractivity contribution < 1.29 is 19.1 Å². The lowest BCUT2D eigenvalue weighted by Crippen LogP contribution is -2.38. The highest BCUT2D eigenvalue weighted by Gasteiger charge is 2.39. The Balaban J connectivity index is 2.17. The molecule has 1 heterocycles. The van der Waals surface area contributed by atoms with Gasteiger partial charge >= 0.3 is 12.1 Å². The number of hydrogen-bond acceptors (Lipinski definition) is 5. The zero-order chi connectivity index (χ0) is 22.5. The minimum absolute atomic E-state index is 0.0329. The second kappa shape index (κ2) is 9.82. The first-order chi connectivity index (χ1) is 13.9. The van der Waals surface area contributed by atoms with Crippen LogP contribution in [0.3, 0.4) is 0 Å². The predicted molar refractivity (Wildman–Crippen MR) is 118 cm³/mol. The average Bonchev–Trinajstić information content (AvgIpc) is 3.07. The van der Waals surface area contributed by atoms with Gasteiger partial charge in [0, 0.05) is 13.1 Å². The smallest absolute Gasteiger partial charge is 0.410 e. The molecule has 1 fully saturated rings. The SMILES string of the molecule is CC(C)(C)OC(=O)[C@@H](Cc1cccc(CCN)c1)[C@H]1CCN(C(=O)OC(C)(C)C)C1. The van der Waals surface area contributed by atoms with Crippen LogP contribution in [0.15, 0.2) is 24.3 Å². The molecule has 1 saturated heterocycles. The van der Waals surface area contributed by atoms with Crippen molar-refractivity contribution in [3.63, 3.8) is 0 Å². The first kappa shape index (κ1) is 24.2. The van der Waals surface area contributed by atoms with Gasteiger partial charge in [0.15, 0.2) is 0 Å². The van der Waals surface area contributed by atoms with Crippen molar-refractivity contribution in [3.8, 4) is 0 Å². The molecule has 0 radical (unpaired) electrons. The number of esters is 1. The Bertz CT molecular complexity index is 733. The maximum atomic E-state index is 13.1. The molecular weight excluding hydrogens is 380 g/mol. The molecule has 1 aliphatic rings. The Morgan fingerprint density at radius 1 is 1.10 bits per heavy atom. The van der Waals surface area contributed by atoms with E-state index in [0.717, 1.165) is 18.4 Å². The molecule has 2 atom stereocenters. The summed E-state index contributed by atoms with van der Waals surface area (Å²) in [6.07, 6.45) is 1.82. The molecule has 0 spiro atoms. The fraction of sp³-hybridized carbons (Fsp3) is 0.667. The molecule has 1 aromatic carbocycles. The molecule has 1 aliphatic heterocycles. The van der Waals surface area contributed by atoms with E-state index in [1.165, 1.54) is 5.56 Å². The number of likely N-dealkylation sites (tertiary alicyclic amines) is 1. The Kier molecular flexibility index (Phi) is 7.92. The molecule has 0 aliphatic carbocycles. The highest BCUT2D eigenvalue weighted by molar-refractivity contribution is 5.74. The van der Waals surface area contributed by atoms with Gasteiger partial charge in [-0.05, 0) is 84.4 Å². The van der Waals surface area contributed by atoms with E-state index in [1.54, 1.807) is 4.90 Å². The number of rotatable bonds is 6.